The van der Waals surface area contributed by atoms with Gasteiger partial charge in [0, 0.05) is 30.7 Å². The molecule has 3 aromatic carbocycles. The Kier molecular flexibility index (Phi) is 7.89. The molecule has 8 heteroatoms. The molecule has 0 aliphatic carbocycles. The van der Waals surface area contributed by atoms with Gasteiger partial charge in [0.15, 0.2) is 0 Å². The van der Waals surface area contributed by atoms with E-state index in [0.717, 1.165) is 46.6 Å². The molecule has 1 heterocycles. The highest BCUT2D eigenvalue weighted by atomic mass is 19.1. The minimum atomic E-state index is -1.37. The number of aromatic nitrogens is 1. The first-order valence-electron chi connectivity index (χ1n) is 11.8. The van der Waals surface area contributed by atoms with Crippen molar-refractivity contribution in [2.24, 2.45) is 0 Å². The highest BCUT2D eigenvalue weighted by Crippen LogP contribution is 2.24. The van der Waals surface area contributed by atoms with Crippen molar-refractivity contribution in [3.63, 3.8) is 0 Å². The van der Waals surface area contributed by atoms with Crippen LogP contribution in [0.4, 0.5) is 8.78 Å². The molecule has 0 saturated carbocycles. The number of pyridine rings is 1. The molecule has 1 amide bonds. The lowest BCUT2D eigenvalue weighted by molar-refractivity contribution is -0.139. The fraction of sp³-hybridized carbons (Fsp3) is 0.207. The van der Waals surface area contributed by atoms with Gasteiger partial charge in [-0.2, -0.15) is 0 Å². The standard InChI is InChI=1S/C29H27F2N3O3/c1-34(2)17-20-13-21-9-10-32-16-23(21)22(14-20)12-18-5-3-6-19(11-18)15-26(29(36)37)33-28(35)27-24(30)7-4-8-25(27)31/h3-11,13-14,16,26H,12,15,17H2,1-2H3,(H,33,35)(H,36,37). The van der Waals surface area contributed by atoms with Gasteiger partial charge in [0.2, 0.25) is 0 Å². The van der Waals surface area contributed by atoms with E-state index in [1.54, 1.807) is 12.3 Å². The lowest BCUT2D eigenvalue weighted by Gasteiger charge is -2.16. The molecule has 2 N–H and O–H groups in total. The van der Waals surface area contributed by atoms with Crippen LogP contribution < -0.4 is 5.32 Å². The molecule has 6 nitrogen and oxygen atoms in total. The van der Waals surface area contributed by atoms with Crippen LogP contribution in [0.5, 0.6) is 0 Å². The highest BCUT2D eigenvalue weighted by Gasteiger charge is 2.25. The minimum Gasteiger partial charge on any atom is -0.480 e. The van der Waals surface area contributed by atoms with E-state index in [1.165, 1.54) is 5.56 Å². The van der Waals surface area contributed by atoms with Crippen LogP contribution in [0.2, 0.25) is 0 Å². The number of halogens is 2. The molecule has 0 saturated heterocycles. The number of hydrogen-bond acceptors (Lipinski definition) is 4. The number of benzene rings is 3. The smallest absolute Gasteiger partial charge is 0.326 e. The van der Waals surface area contributed by atoms with Crippen LogP contribution in [0.25, 0.3) is 10.8 Å². The minimum absolute atomic E-state index is 0.0477. The first-order valence-corrected chi connectivity index (χ1v) is 11.8. The van der Waals surface area contributed by atoms with E-state index >= 15 is 0 Å². The lowest BCUT2D eigenvalue weighted by atomic mass is 9.95. The van der Waals surface area contributed by atoms with Crippen molar-refractivity contribution in [2.45, 2.75) is 25.4 Å². The van der Waals surface area contributed by atoms with Crippen LogP contribution in [0.1, 0.15) is 32.6 Å². The maximum absolute atomic E-state index is 14.0. The Hall–Kier alpha value is -4.17. The van der Waals surface area contributed by atoms with Gasteiger partial charge in [-0.1, -0.05) is 36.4 Å². The second kappa shape index (κ2) is 11.3. The fourth-order valence-corrected chi connectivity index (χ4v) is 4.41. The van der Waals surface area contributed by atoms with Gasteiger partial charge in [0.1, 0.15) is 23.2 Å². The molecule has 4 rings (SSSR count). The van der Waals surface area contributed by atoms with Crippen LogP contribution in [0, 0.1) is 11.6 Å². The highest BCUT2D eigenvalue weighted by molar-refractivity contribution is 5.97. The van der Waals surface area contributed by atoms with E-state index in [0.29, 0.717) is 12.0 Å². The van der Waals surface area contributed by atoms with E-state index in [4.69, 9.17) is 0 Å². The van der Waals surface area contributed by atoms with Crippen molar-refractivity contribution in [1.29, 1.82) is 0 Å². The predicted molar refractivity (Wildman–Crippen MR) is 137 cm³/mol. The number of amides is 1. The molecule has 37 heavy (non-hydrogen) atoms. The number of fused-ring (bicyclic) bond motifs is 1. The average molecular weight is 504 g/mol. The summed E-state index contributed by atoms with van der Waals surface area (Å²) in [6, 6.07) is 15.4. The topological polar surface area (TPSA) is 82.5 Å². The molecule has 0 aliphatic heterocycles. The lowest BCUT2D eigenvalue weighted by Crippen LogP contribution is -2.43. The molecular weight excluding hydrogens is 476 g/mol. The summed E-state index contributed by atoms with van der Waals surface area (Å²) in [6.45, 7) is 0.786. The number of nitrogens with zero attached hydrogens (tertiary/aromatic N) is 2. The SMILES string of the molecule is CN(C)Cc1cc(Cc2cccc(CC(NC(=O)c3c(F)cccc3F)C(=O)O)c2)c2cnccc2c1. The Labute approximate surface area is 213 Å². The molecule has 0 fully saturated rings. The summed E-state index contributed by atoms with van der Waals surface area (Å²) in [6.07, 6.45) is 4.15. The van der Waals surface area contributed by atoms with Gasteiger partial charge in [-0.25, -0.2) is 13.6 Å². The number of carbonyl (C=O) groups excluding carboxylic acids is 1. The number of carboxylic acids is 1. The van der Waals surface area contributed by atoms with Gasteiger partial charge in [-0.15, -0.1) is 0 Å². The number of rotatable bonds is 9. The average Bonchev–Trinajstić information content (AvgIpc) is 2.83. The molecule has 0 bridgehead atoms. The molecule has 0 radical (unpaired) electrons. The monoisotopic (exact) mass is 503 g/mol. The van der Waals surface area contributed by atoms with E-state index < -0.39 is 35.1 Å². The molecule has 1 aromatic heterocycles. The van der Waals surface area contributed by atoms with Gasteiger partial charge in [-0.3, -0.25) is 9.78 Å². The Morgan fingerprint density at radius 1 is 0.973 bits per heavy atom. The summed E-state index contributed by atoms with van der Waals surface area (Å²) >= 11 is 0. The quantitative estimate of drug-likeness (QED) is 0.349. The summed E-state index contributed by atoms with van der Waals surface area (Å²) in [4.78, 5) is 30.7. The molecule has 190 valence electrons. The Morgan fingerprint density at radius 2 is 1.68 bits per heavy atom. The molecule has 0 spiro atoms. The van der Waals surface area contributed by atoms with Crippen LogP contribution in [-0.2, 0) is 24.2 Å². The second-order valence-corrected chi connectivity index (χ2v) is 9.25. The van der Waals surface area contributed by atoms with Crippen molar-refractivity contribution >= 4 is 22.6 Å². The van der Waals surface area contributed by atoms with E-state index in [1.807, 2.05) is 44.6 Å². The van der Waals surface area contributed by atoms with Crippen molar-refractivity contribution in [1.82, 2.24) is 15.2 Å². The van der Waals surface area contributed by atoms with Gasteiger partial charge in [0.05, 0.1) is 0 Å². The van der Waals surface area contributed by atoms with Crippen molar-refractivity contribution < 1.29 is 23.5 Å². The molecule has 1 atom stereocenters. The molecular formula is C29H27F2N3O3. The van der Waals surface area contributed by atoms with Gasteiger partial charge in [0.25, 0.3) is 5.91 Å². The Bertz CT molecular complexity index is 1440. The third-order valence-electron chi connectivity index (χ3n) is 6.02. The van der Waals surface area contributed by atoms with Gasteiger partial charge >= 0.3 is 5.97 Å². The zero-order valence-electron chi connectivity index (χ0n) is 20.5. The maximum Gasteiger partial charge on any atom is 0.326 e. The van der Waals surface area contributed by atoms with E-state index in [9.17, 15) is 23.5 Å². The fourth-order valence-electron chi connectivity index (χ4n) is 4.41. The maximum atomic E-state index is 14.0. The summed E-state index contributed by atoms with van der Waals surface area (Å²) in [5.41, 5.74) is 3.09. The Morgan fingerprint density at radius 3 is 2.38 bits per heavy atom. The second-order valence-electron chi connectivity index (χ2n) is 9.25. The summed E-state index contributed by atoms with van der Waals surface area (Å²) in [7, 11) is 4.02. The zero-order valence-corrected chi connectivity index (χ0v) is 20.5. The van der Waals surface area contributed by atoms with Crippen LogP contribution in [-0.4, -0.2) is 47.0 Å². The van der Waals surface area contributed by atoms with E-state index in [2.05, 4.69) is 27.3 Å². The normalized spacial score (nSPS) is 12.0. The summed E-state index contributed by atoms with van der Waals surface area (Å²) in [5, 5.41) is 14.1. The number of carboxylic acid groups (broad SMARTS) is 1. The summed E-state index contributed by atoms with van der Waals surface area (Å²) in [5.74, 6) is -4.52. The third-order valence-corrected chi connectivity index (χ3v) is 6.02. The van der Waals surface area contributed by atoms with Crippen LogP contribution in [0.3, 0.4) is 0 Å². The number of nitrogens with one attached hydrogen (secondary N) is 1. The first-order chi connectivity index (χ1) is 17.7. The van der Waals surface area contributed by atoms with Gasteiger partial charge < -0.3 is 15.3 Å². The first kappa shape index (κ1) is 25.9. The molecule has 4 aromatic rings. The van der Waals surface area contributed by atoms with Crippen LogP contribution >= 0.6 is 0 Å². The van der Waals surface area contributed by atoms with Crippen LogP contribution in [0.15, 0.2) is 73.1 Å². The van der Waals surface area contributed by atoms with Gasteiger partial charge in [-0.05, 0) is 72.4 Å². The molecule has 1 unspecified atom stereocenters. The Balaban J connectivity index is 1.57. The zero-order chi connectivity index (χ0) is 26.5. The van der Waals surface area contributed by atoms with Crippen molar-refractivity contribution in [3.8, 4) is 0 Å². The number of carbonyl (C=O) groups is 2. The van der Waals surface area contributed by atoms with Crippen molar-refractivity contribution in [3.05, 3.63) is 113 Å². The van der Waals surface area contributed by atoms with E-state index in [-0.39, 0.29) is 6.42 Å². The number of hydrogen-bond donors (Lipinski definition) is 2. The molecule has 0 aliphatic rings. The van der Waals surface area contributed by atoms with Crippen molar-refractivity contribution in [2.75, 3.05) is 14.1 Å². The predicted octanol–water partition coefficient (Wildman–Crippen LogP) is 4.59. The summed E-state index contributed by atoms with van der Waals surface area (Å²) < 4.78 is 28.0. The number of aliphatic carboxylic acids is 1. The largest absolute Gasteiger partial charge is 0.480 e. The third kappa shape index (κ3) is 6.34.